The maximum atomic E-state index is 12.3. The van der Waals surface area contributed by atoms with Crippen LogP contribution in [-0.4, -0.2) is 29.3 Å². The first-order valence-corrected chi connectivity index (χ1v) is 5.74. The maximum Gasteiger partial charge on any atom is 0.435 e. The predicted octanol–water partition coefficient (Wildman–Crippen LogP) is 2.06. The van der Waals surface area contributed by atoms with Crippen LogP contribution in [0.5, 0.6) is 0 Å². The van der Waals surface area contributed by atoms with Crippen LogP contribution < -0.4 is 10.6 Å². The van der Waals surface area contributed by atoms with Crippen molar-refractivity contribution in [3.8, 4) is 0 Å². The van der Waals surface area contributed by atoms with E-state index >= 15 is 0 Å². The smallest absolute Gasteiger partial charge is 0.353 e. The standard InChI is InChI=1S/C11H17F3N4/c1-8(2)18(7-3-6-15)10-5-4-9(16-17-10)11(12,13)14/h4-5,8H,3,6-7,15H2,1-2H3. The minimum absolute atomic E-state index is 0.127. The van der Waals surface area contributed by atoms with Gasteiger partial charge in [-0.1, -0.05) is 0 Å². The van der Waals surface area contributed by atoms with Crippen LogP contribution in [0.4, 0.5) is 19.0 Å². The van der Waals surface area contributed by atoms with Crippen LogP contribution in [0.15, 0.2) is 12.1 Å². The van der Waals surface area contributed by atoms with Crippen molar-refractivity contribution in [3.05, 3.63) is 17.8 Å². The Bertz CT molecular complexity index is 362. The molecular weight excluding hydrogens is 245 g/mol. The average molecular weight is 262 g/mol. The predicted molar refractivity (Wildman–Crippen MR) is 63.2 cm³/mol. The van der Waals surface area contributed by atoms with E-state index in [1.807, 2.05) is 18.7 Å². The van der Waals surface area contributed by atoms with Gasteiger partial charge in [-0.3, -0.25) is 0 Å². The van der Waals surface area contributed by atoms with Gasteiger partial charge >= 0.3 is 6.18 Å². The molecule has 1 rings (SSSR count). The van der Waals surface area contributed by atoms with E-state index in [4.69, 9.17) is 5.73 Å². The lowest BCUT2D eigenvalue weighted by atomic mass is 10.2. The Morgan fingerprint density at radius 2 is 1.94 bits per heavy atom. The molecule has 1 aromatic heterocycles. The third kappa shape index (κ3) is 3.83. The van der Waals surface area contributed by atoms with Gasteiger partial charge in [0, 0.05) is 12.6 Å². The Morgan fingerprint density at radius 3 is 2.33 bits per heavy atom. The summed E-state index contributed by atoms with van der Waals surface area (Å²) in [6.45, 7) is 5.05. The second-order valence-electron chi connectivity index (χ2n) is 4.20. The molecule has 102 valence electrons. The highest BCUT2D eigenvalue weighted by Crippen LogP contribution is 2.27. The van der Waals surface area contributed by atoms with E-state index in [-0.39, 0.29) is 6.04 Å². The lowest BCUT2D eigenvalue weighted by Gasteiger charge is -2.27. The molecule has 0 aliphatic rings. The Hall–Kier alpha value is -1.37. The Kier molecular flexibility index (Phi) is 4.89. The van der Waals surface area contributed by atoms with E-state index < -0.39 is 11.9 Å². The van der Waals surface area contributed by atoms with E-state index in [2.05, 4.69) is 10.2 Å². The van der Waals surface area contributed by atoms with Crippen LogP contribution in [0.3, 0.4) is 0 Å². The molecule has 7 heteroatoms. The van der Waals surface area contributed by atoms with Gasteiger partial charge in [-0.05, 0) is 38.9 Å². The normalized spacial score (nSPS) is 11.9. The number of nitrogens with two attached hydrogens (primary N) is 1. The van der Waals surface area contributed by atoms with Crippen molar-refractivity contribution < 1.29 is 13.2 Å². The van der Waals surface area contributed by atoms with Crippen LogP contribution in [-0.2, 0) is 6.18 Å². The molecule has 0 saturated carbocycles. The molecule has 18 heavy (non-hydrogen) atoms. The summed E-state index contributed by atoms with van der Waals surface area (Å²) in [5.74, 6) is 0.437. The highest BCUT2D eigenvalue weighted by molar-refractivity contribution is 5.38. The van der Waals surface area contributed by atoms with E-state index in [0.29, 0.717) is 18.9 Å². The largest absolute Gasteiger partial charge is 0.435 e. The Labute approximate surface area is 104 Å². The fourth-order valence-corrected chi connectivity index (χ4v) is 1.53. The van der Waals surface area contributed by atoms with Gasteiger partial charge in [-0.2, -0.15) is 13.2 Å². The number of aromatic nitrogens is 2. The van der Waals surface area contributed by atoms with E-state index in [9.17, 15) is 13.2 Å². The Morgan fingerprint density at radius 1 is 1.28 bits per heavy atom. The van der Waals surface area contributed by atoms with E-state index in [0.717, 1.165) is 12.5 Å². The second kappa shape index (κ2) is 5.99. The van der Waals surface area contributed by atoms with Crippen molar-refractivity contribution in [1.82, 2.24) is 10.2 Å². The van der Waals surface area contributed by atoms with Gasteiger partial charge in [0.1, 0.15) is 0 Å². The second-order valence-corrected chi connectivity index (χ2v) is 4.20. The molecule has 0 bridgehead atoms. The highest BCUT2D eigenvalue weighted by atomic mass is 19.4. The number of hydrogen-bond donors (Lipinski definition) is 1. The first-order chi connectivity index (χ1) is 8.36. The van der Waals surface area contributed by atoms with Crippen molar-refractivity contribution in [2.45, 2.75) is 32.5 Å². The van der Waals surface area contributed by atoms with Crippen LogP contribution in [0.2, 0.25) is 0 Å². The molecular formula is C11H17F3N4. The van der Waals surface area contributed by atoms with Crippen molar-refractivity contribution in [1.29, 1.82) is 0 Å². The molecule has 0 amide bonds. The molecule has 0 spiro atoms. The van der Waals surface area contributed by atoms with Gasteiger partial charge in [0.15, 0.2) is 11.5 Å². The van der Waals surface area contributed by atoms with Crippen molar-refractivity contribution in [2.24, 2.45) is 5.73 Å². The van der Waals surface area contributed by atoms with Crippen molar-refractivity contribution in [2.75, 3.05) is 18.0 Å². The summed E-state index contributed by atoms with van der Waals surface area (Å²) >= 11 is 0. The first kappa shape index (κ1) is 14.7. The molecule has 0 atom stereocenters. The zero-order valence-electron chi connectivity index (χ0n) is 10.4. The molecule has 1 aromatic rings. The van der Waals surface area contributed by atoms with Crippen molar-refractivity contribution >= 4 is 5.82 Å². The quantitative estimate of drug-likeness (QED) is 0.882. The van der Waals surface area contributed by atoms with Gasteiger partial charge < -0.3 is 10.6 Å². The summed E-state index contributed by atoms with van der Waals surface area (Å²) in [7, 11) is 0. The number of alkyl halides is 3. The van der Waals surface area contributed by atoms with E-state index in [1.54, 1.807) is 0 Å². The minimum atomic E-state index is -4.45. The third-order valence-corrected chi connectivity index (χ3v) is 2.46. The molecule has 0 aliphatic heterocycles. The molecule has 0 unspecified atom stereocenters. The number of rotatable bonds is 5. The molecule has 0 radical (unpaired) electrons. The molecule has 0 aliphatic carbocycles. The van der Waals surface area contributed by atoms with Crippen LogP contribution in [0, 0.1) is 0 Å². The zero-order chi connectivity index (χ0) is 13.8. The topological polar surface area (TPSA) is 55.0 Å². The Balaban J connectivity index is 2.87. The summed E-state index contributed by atoms with van der Waals surface area (Å²) in [6.07, 6.45) is -3.70. The summed E-state index contributed by atoms with van der Waals surface area (Å²) in [5.41, 5.74) is 4.45. The highest BCUT2D eigenvalue weighted by Gasteiger charge is 2.33. The van der Waals surface area contributed by atoms with Crippen LogP contribution in [0.25, 0.3) is 0 Å². The molecule has 0 saturated heterocycles. The SMILES string of the molecule is CC(C)N(CCCN)c1ccc(C(F)(F)F)nn1. The third-order valence-electron chi connectivity index (χ3n) is 2.46. The zero-order valence-corrected chi connectivity index (χ0v) is 10.4. The van der Waals surface area contributed by atoms with E-state index in [1.165, 1.54) is 6.07 Å². The number of halogens is 3. The lowest BCUT2D eigenvalue weighted by molar-refractivity contribution is -0.141. The molecule has 4 nitrogen and oxygen atoms in total. The summed E-state index contributed by atoms with van der Waals surface area (Å²) < 4.78 is 37.0. The van der Waals surface area contributed by atoms with Crippen molar-refractivity contribution in [3.63, 3.8) is 0 Å². The van der Waals surface area contributed by atoms with Crippen LogP contribution >= 0.6 is 0 Å². The minimum Gasteiger partial charge on any atom is -0.353 e. The van der Waals surface area contributed by atoms with Gasteiger partial charge in [-0.15, -0.1) is 10.2 Å². The van der Waals surface area contributed by atoms with Gasteiger partial charge in [-0.25, -0.2) is 0 Å². The molecule has 0 aromatic carbocycles. The maximum absolute atomic E-state index is 12.3. The number of anilines is 1. The summed E-state index contributed by atoms with van der Waals surface area (Å²) in [6, 6.07) is 2.41. The van der Waals surface area contributed by atoms with Gasteiger partial charge in [0.25, 0.3) is 0 Å². The number of nitrogens with zero attached hydrogens (tertiary/aromatic N) is 3. The summed E-state index contributed by atoms with van der Waals surface area (Å²) in [5, 5.41) is 6.85. The van der Waals surface area contributed by atoms with Gasteiger partial charge in [0.05, 0.1) is 0 Å². The monoisotopic (exact) mass is 262 g/mol. The fraction of sp³-hybridized carbons (Fsp3) is 0.636. The van der Waals surface area contributed by atoms with Crippen LogP contribution in [0.1, 0.15) is 26.0 Å². The lowest BCUT2D eigenvalue weighted by Crippen LogP contribution is -2.33. The summed E-state index contributed by atoms with van der Waals surface area (Å²) in [4.78, 5) is 1.88. The fourth-order valence-electron chi connectivity index (χ4n) is 1.53. The van der Waals surface area contributed by atoms with Gasteiger partial charge in [0.2, 0.25) is 0 Å². The average Bonchev–Trinajstić information content (AvgIpc) is 2.28. The molecule has 2 N–H and O–H groups in total. The first-order valence-electron chi connectivity index (χ1n) is 5.74. The number of hydrogen-bond acceptors (Lipinski definition) is 4. The molecule has 1 heterocycles. The molecule has 0 fully saturated rings.